The molecule has 9 heteroatoms. The van der Waals surface area contributed by atoms with Crippen LogP contribution in [0.25, 0.3) is 10.9 Å². The van der Waals surface area contributed by atoms with E-state index in [0.29, 0.717) is 6.61 Å². The minimum atomic E-state index is -0.209. The largest absolute Gasteiger partial charge is 0.369 e. The molecule has 160 valence electrons. The molecule has 1 saturated heterocycles. The number of aromatic nitrogens is 4. The summed E-state index contributed by atoms with van der Waals surface area (Å²) in [5, 5.41) is 12.9. The van der Waals surface area contributed by atoms with Crippen LogP contribution in [0.15, 0.2) is 42.0 Å². The van der Waals surface area contributed by atoms with E-state index < -0.39 is 0 Å². The van der Waals surface area contributed by atoms with Crippen molar-refractivity contribution in [3.05, 3.63) is 64.8 Å². The summed E-state index contributed by atoms with van der Waals surface area (Å²) in [6.07, 6.45) is 1.96. The van der Waals surface area contributed by atoms with Gasteiger partial charge in [0.25, 0.3) is 0 Å². The van der Waals surface area contributed by atoms with Gasteiger partial charge in [0, 0.05) is 55.2 Å². The molecule has 7 nitrogen and oxygen atoms in total. The summed E-state index contributed by atoms with van der Waals surface area (Å²) in [5.74, 6) is -0.209. The highest BCUT2D eigenvalue weighted by Crippen LogP contribution is 2.28. The van der Waals surface area contributed by atoms with Crippen molar-refractivity contribution in [2.24, 2.45) is 7.05 Å². The van der Waals surface area contributed by atoms with E-state index in [9.17, 15) is 4.39 Å². The maximum absolute atomic E-state index is 13.8. The van der Waals surface area contributed by atoms with Crippen molar-refractivity contribution in [2.75, 3.05) is 25.0 Å². The Bertz CT molecular complexity index is 1210. The highest BCUT2D eigenvalue weighted by atomic mass is 32.1. The third-order valence-corrected chi connectivity index (χ3v) is 6.10. The average molecular weight is 439 g/mol. The van der Waals surface area contributed by atoms with E-state index in [0.717, 1.165) is 58.3 Å². The number of hydrogen-bond acceptors (Lipinski definition) is 7. The molecular weight excluding hydrogens is 415 g/mol. The summed E-state index contributed by atoms with van der Waals surface area (Å²) in [6, 6.07) is 8.95. The molecule has 0 saturated carbocycles. The smallest absolute Gasteiger partial charge is 0.209 e. The zero-order chi connectivity index (χ0) is 21.4. The van der Waals surface area contributed by atoms with Gasteiger partial charge in [-0.25, -0.2) is 4.39 Å². The Morgan fingerprint density at radius 2 is 2.19 bits per heavy atom. The zero-order valence-electron chi connectivity index (χ0n) is 17.4. The lowest BCUT2D eigenvalue weighted by atomic mass is 10.1. The molecule has 1 N–H and O–H groups in total. The molecule has 31 heavy (non-hydrogen) atoms. The number of anilines is 2. The number of rotatable bonds is 5. The molecule has 0 amide bonds. The standard InChI is InChI=1S/C22H23FN6OS/c1-14-7-17(26-22-27-24-13-31-22)9-19(25-14)21-12-29(5-6-30-21)11-15-10-28(2)20-4-3-16(23)8-18(15)20/h3-4,7-10,13,21H,5-6,11-12H2,1-2H3,(H,25,26,27)/t21-/m0/s1. The normalized spacial score (nSPS) is 17.3. The fourth-order valence-electron chi connectivity index (χ4n) is 4.12. The molecule has 5 rings (SSSR count). The van der Waals surface area contributed by atoms with Crippen molar-refractivity contribution >= 4 is 33.1 Å². The highest BCUT2D eigenvalue weighted by Gasteiger charge is 2.25. The molecule has 3 aromatic heterocycles. The predicted molar refractivity (Wildman–Crippen MR) is 119 cm³/mol. The second kappa shape index (κ2) is 8.33. The molecule has 0 spiro atoms. The van der Waals surface area contributed by atoms with Crippen LogP contribution in [-0.4, -0.2) is 44.3 Å². The van der Waals surface area contributed by atoms with E-state index in [1.807, 2.05) is 32.2 Å². The number of halogens is 1. The number of nitrogens with one attached hydrogen (secondary N) is 1. The van der Waals surface area contributed by atoms with Crippen LogP contribution in [0.2, 0.25) is 0 Å². The number of aryl methyl sites for hydroxylation is 2. The van der Waals surface area contributed by atoms with Gasteiger partial charge in [0.2, 0.25) is 5.13 Å². The minimum Gasteiger partial charge on any atom is -0.369 e. The lowest BCUT2D eigenvalue weighted by molar-refractivity contribution is -0.0349. The van der Waals surface area contributed by atoms with Gasteiger partial charge in [-0.05, 0) is 42.8 Å². The second-order valence-corrected chi connectivity index (χ2v) is 8.65. The van der Waals surface area contributed by atoms with Gasteiger partial charge in [0.1, 0.15) is 17.4 Å². The summed E-state index contributed by atoms with van der Waals surface area (Å²) in [5.41, 5.74) is 6.57. The third kappa shape index (κ3) is 4.30. The molecule has 0 aliphatic carbocycles. The fraction of sp³-hybridized carbons (Fsp3) is 0.318. The quantitative estimate of drug-likeness (QED) is 0.504. The lowest BCUT2D eigenvalue weighted by Gasteiger charge is -2.32. The predicted octanol–water partition coefficient (Wildman–Crippen LogP) is 4.19. The van der Waals surface area contributed by atoms with Gasteiger partial charge in [-0.2, -0.15) is 0 Å². The lowest BCUT2D eigenvalue weighted by Crippen LogP contribution is -2.38. The van der Waals surface area contributed by atoms with Gasteiger partial charge in [-0.1, -0.05) is 11.3 Å². The summed E-state index contributed by atoms with van der Waals surface area (Å²) in [7, 11) is 2.00. The molecule has 1 aromatic carbocycles. The maximum atomic E-state index is 13.8. The van der Waals surface area contributed by atoms with Crippen LogP contribution >= 0.6 is 11.3 Å². The molecule has 0 radical (unpaired) electrons. The van der Waals surface area contributed by atoms with E-state index in [2.05, 4.69) is 31.2 Å². The number of fused-ring (bicyclic) bond motifs is 1. The number of ether oxygens (including phenoxy) is 1. The number of nitrogens with zero attached hydrogens (tertiary/aromatic N) is 5. The van der Waals surface area contributed by atoms with E-state index >= 15 is 0 Å². The first kappa shape index (κ1) is 20.0. The highest BCUT2D eigenvalue weighted by molar-refractivity contribution is 7.13. The Hall–Kier alpha value is -2.88. The van der Waals surface area contributed by atoms with Crippen LogP contribution in [0.4, 0.5) is 15.2 Å². The molecule has 1 atom stereocenters. The zero-order valence-corrected chi connectivity index (χ0v) is 18.2. The molecule has 0 unspecified atom stereocenters. The summed E-state index contributed by atoms with van der Waals surface area (Å²) in [6.45, 7) is 4.88. The van der Waals surface area contributed by atoms with Gasteiger partial charge in [-0.3, -0.25) is 9.88 Å². The van der Waals surface area contributed by atoms with Crippen LogP contribution in [-0.2, 0) is 18.3 Å². The average Bonchev–Trinajstić information content (AvgIpc) is 3.36. The first-order valence-corrected chi connectivity index (χ1v) is 11.0. The van der Waals surface area contributed by atoms with E-state index in [4.69, 9.17) is 9.72 Å². The van der Waals surface area contributed by atoms with Crippen LogP contribution in [0, 0.1) is 12.7 Å². The maximum Gasteiger partial charge on any atom is 0.209 e. The Labute approximate surface area is 183 Å². The van der Waals surface area contributed by atoms with Crippen molar-refractivity contribution in [1.29, 1.82) is 0 Å². The van der Waals surface area contributed by atoms with Crippen molar-refractivity contribution in [2.45, 2.75) is 19.6 Å². The first-order valence-electron chi connectivity index (χ1n) is 10.1. The summed E-state index contributed by atoms with van der Waals surface area (Å²) < 4.78 is 22.0. The Kier molecular flexibility index (Phi) is 5.39. The van der Waals surface area contributed by atoms with E-state index in [-0.39, 0.29) is 11.9 Å². The molecule has 1 fully saturated rings. The monoisotopic (exact) mass is 438 g/mol. The van der Waals surface area contributed by atoms with Crippen molar-refractivity contribution in [1.82, 2.24) is 24.6 Å². The number of morpholine rings is 1. The molecule has 1 aliphatic rings. The van der Waals surface area contributed by atoms with E-state index in [1.165, 1.54) is 17.4 Å². The molecule has 1 aliphatic heterocycles. The van der Waals surface area contributed by atoms with Gasteiger partial charge in [0.15, 0.2) is 0 Å². The van der Waals surface area contributed by atoms with Gasteiger partial charge in [0.05, 0.1) is 12.3 Å². The minimum absolute atomic E-state index is 0.129. The van der Waals surface area contributed by atoms with Crippen LogP contribution in [0.3, 0.4) is 0 Å². The molecule has 4 aromatic rings. The van der Waals surface area contributed by atoms with Crippen molar-refractivity contribution in [3.8, 4) is 0 Å². The molecule has 0 bridgehead atoms. The first-order chi connectivity index (χ1) is 15.0. The van der Waals surface area contributed by atoms with Gasteiger partial charge >= 0.3 is 0 Å². The number of hydrogen-bond donors (Lipinski definition) is 1. The van der Waals surface area contributed by atoms with Gasteiger partial charge < -0.3 is 14.6 Å². The number of benzene rings is 1. The fourth-order valence-corrected chi connectivity index (χ4v) is 4.59. The Morgan fingerprint density at radius 3 is 3.03 bits per heavy atom. The summed E-state index contributed by atoms with van der Waals surface area (Å²) >= 11 is 1.45. The number of pyridine rings is 1. The Morgan fingerprint density at radius 1 is 1.29 bits per heavy atom. The molecular formula is C22H23FN6OS. The van der Waals surface area contributed by atoms with E-state index in [1.54, 1.807) is 11.6 Å². The van der Waals surface area contributed by atoms with Crippen molar-refractivity contribution < 1.29 is 9.13 Å². The second-order valence-electron chi connectivity index (χ2n) is 7.81. The van der Waals surface area contributed by atoms with Gasteiger partial charge in [-0.15, -0.1) is 10.2 Å². The van der Waals surface area contributed by atoms with Crippen LogP contribution < -0.4 is 5.32 Å². The topological polar surface area (TPSA) is 68.1 Å². The van der Waals surface area contributed by atoms with Crippen LogP contribution in [0.1, 0.15) is 23.1 Å². The van der Waals surface area contributed by atoms with Crippen LogP contribution in [0.5, 0.6) is 0 Å². The SMILES string of the molecule is Cc1cc(Nc2nncs2)cc([C@@H]2CN(Cc3cn(C)c4ccc(F)cc34)CCO2)n1. The Balaban J connectivity index is 1.35. The third-order valence-electron chi connectivity index (χ3n) is 5.49. The summed E-state index contributed by atoms with van der Waals surface area (Å²) in [4.78, 5) is 7.06. The van der Waals surface area contributed by atoms with Crippen molar-refractivity contribution in [3.63, 3.8) is 0 Å². The molecule has 4 heterocycles.